The zero-order chi connectivity index (χ0) is 12.7. The van der Waals surface area contributed by atoms with Crippen molar-refractivity contribution in [1.29, 1.82) is 0 Å². The van der Waals surface area contributed by atoms with Gasteiger partial charge in [-0.05, 0) is 18.2 Å². The van der Waals surface area contributed by atoms with Crippen LogP contribution in [0.5, 0.6) is 0 Å². The van der Waals surface area contributed by atoms with Gasteiger partial charge in [0.05, 0.1) is 8.48 Å². The largest absolute Gasteiger partial charge is 0.468 e. The Morgan fingerprint density at radius 1 is 1.50 bits per heavy atom. The first-order valence-corrected chi connectivity index (χ1v) is 4.67. The lowest BCUT2D eigenvalue weighted by atomic mass is 10.3. The third-order valence-corrected chi connectivity index (χ3v) is 1.99. The second-order valence-electron chi connectivity index (χ2n) is 3.00. The predicted molar refractivity (Wildman–Crippen MR) is 61.0 cm³/mol. The van der Waals surface area contributed by atoms with Crippen molar-refractivity contribution in [3.8, 4) is 0 Å². The Labute approximate surface area is 95.5 Å². The van der Waals surface area contributed by atoms with Crippen molar-refractivity contribution >= 4 is 17.6 Å². The molecule has 0 heterocycles. The molecule has 0 aliphatic rings. The van der Waals surface area contributed by atoms with Gasteiger partial charge in [0, 0.05) is 5.69 Å². The molecule has 1 aromatic carbocycles. The fraction of sp³-hybridized carbons (Fsp3) is 0.167. The summed E-state index contributed by atoms with van der Waals surface area (Å²) in [5.74, 6) is -0.947. The number of carbonyl (C=O) groups excluding carboxylic acids is 2. The van der Waals surface area contributed by atoms with Crippen LogP contribution in [-0.4, -0.2) is 25.5 Å². The number of anilines is 1. The van der Waals surface area contributed by atoms with Gasteiger partial charge in [0.25, 0.3) is 5.91 Å². The Morgan fingerprint density at radius 3 is 2.75 bits per heavy atom. The summed E-state index contributed by atoms with van der Waals surface area (Å²) in [5.41, 5.74) is 0.584. The molecule has 0 radical (unpaired) electrons. The predicted octanol–water partition coefficient (Wildman–Crippen LogP) is 1.38. The summed E-state index contributed by atoms with van der Waals surface area (Å²) in [5, 5.41) is 0. The first-order chi connectivity index (χ1) is 8.19. The van der Waals surface area contributed by atoms with Crippen molar-refractivity contribution in [2.45, 2.75) is 0 Å². The van der Waals surface area contributed by atoms with Crippen LogP contribution in [-0.2, 0) is 14.3 Å². The highest BCUT2D eigenvalue weighted by Crippen LogP contribution is 2.13. The molecular weight excluding hydrogens is 206 g/mol. The molecule has 0 N–H and O–H groups in total. The van der Waals surface area contributed by atoms with Crippen LogP contribution in [0.4, 0.5) is 5.69 Å². The van der Waals surface area contributed by atoms with Crippen molar-refractivity contribution in [3.05, 3.63) is 43.0 Å². The van der Waals surface area contributed by atoms with E-state index in [0.29, 0.717) is 5.69 Å². The Kier molecular flexibility index (Phi) is 3.71. The van der Waals surface area contributed by atoms with Gasteiger partial charge in [-0.25, -0.2) is 0 Å². The summed E-state index contributed by atoms with van der Waals surface area (Å²) in [6, 6.07) is 8.75. The molecule has 84 valence electrons. The van der Waals surface area contributed by atoms with Gasteiger partial charge in [-0.15, -0.1) is 0 Å². The molecule has 0 aliphatic carbocycles. The van der Waals surface area contributed by atoms with Gasteiger partial charge < -0.3 is 4.74 Å². The fourth-order valence-electron chi connectivity index (χ4n) is 1.19. The molecule has 0 aliphatic heterocycles. The van der Waals surface area contributed by atoms with Crippen LogP contribution in [0.25, 0.3) is 0 Å². The van der Waals surface area contributed by atoms with Crippen molar-refractivity contribution in [1.82, 2.24) is 0 Å². The van der Waals surface area contributed by atoms with E-state index in [1.165, 1.54) is 12.0 Å². The molecule has 0 bridgehead atoms. The molecular formula is C12H13NO3. The highest BCUT2D eigenvalue weighted by molar-refractivity contribution is 6.03. The number of rotatable bonds is 4. The molecule has 0 atom stereocenters. The molecule has 4 heteroatoms. The minimum absolute atomic E-state index is 0.177. The first kappa shape index (κ1) is 10.4. The average molecular weight is 220 g/mol. The summed E-state index contributed by atoms with van der Waals surface area (Å²) >= 11 is 0. The lowest BCUT2D eigenvalue weighted by Crippen LogP contribution is -2.34. The van der Waals surface area contributed by atoms with Crippen LogP contribution in [0.2, 0.25) is 0 Å². The van der Waals surface area contributed by atoms with Gasteiger partial charge in [-0.2, -0.15) is 0 Å². The van der Waals surface area contributed by atoms with Gasteiger partial charge in [0.2, 0.25) is 0 Å². The van der Waals surface area contributed by atoms with E-state index in [2.05, 4.69) is 4.74 Å². The maximum atomic E-state index is 11.7. The number of hydrogen-bond donors (Lipinski definition) is 0. The average Bonchev–Trinajstić information content (AvgIpc) is 2.36. The number of amides is 1. The SMILES string of the molecule is [2H]C=CC(=O)N(CC(=O)OC)c1ccccc1. The normalized spacial score (nSPS) is 10.9. The third-order valence-electron chi connectivity index (χ3n) is 1.99. The fourth-order valence-corrected chi connectivity index (χ4v) is 1.19. The lowest BCUT2D eigenvalue weighted by molar-refractivity contribution is -0.139. The molecule has 1 rings (SSSR count). The van der Waals surface area contributed by atoms with Crippen molar-refractivity contribution in [2.75, 3.05) is 18.6 Å². The van der Waals surface area contributed by atoms with Crippen LogP contribution in [0.3, 0.4) is 0 Å². The minimum atomic E-state index is -0.513. The molecule has 0 spiro atoms. The summed E-state index contributed by atoms with van der Waals surface area (Å²) < 4.78 is 11.4. The summed E-state index contributed by atoms with van der Waals surface area (Å²) in [4.78, 5) is 24.2. The number of carbonyl (C=O) groups is 2. The quantitative estimate of drug-likeness (QED) is 0.569. The Bertz CT molecular complexity index is 417. The number of ether oxygens (including phenoxy) is 1. The van der Waals surface area contributed by atoms with Gasteiger partial charge in [0.15, 0.2) is 0 Å². The summed E-state index contributed by atoms with van der Waals surface area (Å²) in [6.45, 7) is 0.708. The number of benzene rings is 1. The number of nitrogens with zero attached hydrogens (tertiary/aromatic N) is 1. The van der Waals surface area contributed by atoms with Crippen molar-refractivity contribution in [3.63, 3.8) is 0 Å². The van der Waals surface area contributed by atoms with Crippen LogP contribution in [0.1, 0.15) is 1.37 Å². The Balaban J connectivity index is 2.94. The van der Waals surface area contributed by atoms with Crippen LogP contribution < -0.4 is 4.90 Å². The lowest BCUT2D eigenvalue weighted by Gasteiger charge is -2.19. The number of methoxy groups -OCH3 is 1. The van der Waals surface area contributed by atoms with Gasteiger partial charge in [-0.3, -0.25) is 14.5 Å². The van der Waals surface area contributed by atoms with Crippen LogP contribution in [0.15, 0.2) is 43.0 Å². The van der Waals surface area contributed by atoms with E-state index in [0.717, 1.165) is 12.6 Å². The molecule has 0 fully saturated rings. The van der Waals surface area contributed by atoms with E-state index in [-0.39, 0.29) is 6.54 Å². The monoisotopic (exact) mass is 220 g/mol. The van der Waals surface area contributed by atoms with Gasteiger partial charge in [0.1, 0.15) is 6.54 Å². The Morgan fingerprint density at radius 2 is 2.19 bits per heavy atom. The highest BCUT2D eigenvalue weighted by atomic mass is 16.5. The van der Waals surface area contributed by atoms with Crippen LogP contribution in [0, 0.1) is 0 Å². The maximum Gasteiger partial charge on any atom is 0.325 e. The number of esters is 1. The minimum Gasteiger partial charge on any atom is -0.468 e. The number of para-hydroxylation sites is 1. The van der Waals surface area contributed by atoms with E-state index >= 15 is 0 Å². The molecule has 0 aromatic heterocycles. The van der Waals surface area contributed by atoms with E-state index < -0.39 is 11.9 Å². The molecule has 1 amide bonds. The summed E-state index contributed by atoms with van der Waals surface area (Å²) in [7, 11) is 1.26. The second-order valence-corrected chi connectivity index (χ2v) is 3.00. The zero-order valence-corrected chi connectivity index (χ0v) is 8.92. The van der Waals surface area contributed by atoms with Gasteiger partial charge in [-0.1, -0.05) is 24.8 Å². The van der Waals surface area contributed by atoms with Gasteiger partial charge >= 0.3 is 5.97 Å². The topological polar surface area (TPSA) is 46.6 Å². The first-order valence-electron chi connectivity index (χ1n) is 5.25. The molecule has 16 heavy (non-hydrogen) atoms. The number of hydrogen-bond acceptors (Lipinski definition) is 3. The van der Waals surface area contributed by atoms with Crippen LogP contribution >= 0.6 is 0 Å². The zero-order valence-electron chi connectivity index (χ0n) is 9.92. The van der Waals surface area contributed by atoms with E-state index in [4.69, 9.17) is 1.37 Å². The van der Waals surface area contributed by atoms with E-state index in [9.17, 15) is 9.59 Å². The van der Waals surface area contributed by atoms with E-state index in [1.807, 2.05) is 6.07 Å². The molecule has 0 unspecified atom stereocenters. The third kappa shape index (κ3) is 2.95. The van der Waals surface area contributed by atoms with Crippen molar-refractivity contribution < 1.29 is 15.7 Å². The Hall–Kier alpha value is -2.10. The molecule has 0 saturated carbocycles. The highest BCUT2D eigenvalue weighted by Gasteiger charge is 2.16. The standard InChI is InChI=1S/C12H13NO3/c1-3-11(14)13(9-12(15)16-2)10-7-5-4-6-8-10/h3-8H,1,9H2,2H3/i1D. The van der Waals surface area contributed by atoms with Crippen molar-refractivity contribution in [2.24, 2.45) is 0 Å². The summed E-state index contributed by atoms with van der Waals surface area (Å²) in [6.07, 6.45) is 1.08. The second kappa shape index (κ2) is 5.70. The maximum absolute atomic E-state index is 11.7. The molecule has 0 saturated heterocycles. The molecule has 1 aromatic rings. The molecule has 4 nitrogen and oxygen atoms in total. The van der Waals surface area contributed by atoms with E-state index in [1.54, 1.807) is 24.3 Å². The smallest absolute Gasteiger partial charge is 0.325 e.